The van der Waals surface area contributed by atoms with E-state index in [1.165, 1.54) is 11.3 Å². The van der Waals surface area contributed by atoms with Gasteiger partial charge in [0.25, 0.3) is 0 Å². The second-order valence-corrected chi connectivity index (χ2v) is 15.0. The van der Waals surface area contributed by atoms with E-state index in [1.807, 2.05) is 76.2 Å². The lowest BCUT2D eigenvalue weighted by atomic mass is 10.0. The summed E-state index contributed by atoms with van der Waals surface area (Å²) >= 11 is 0. The van der Waals surface area contributed by atoms with E-state index < -0.39 is 19.1 Å². The van der Waals surface area contributed by atoms with Gasteiger partial charge in [0.05, 0.1) is 14.1 Å². The van der Waals surface area contributed by atoms with E-state index in [2.05, 4.69) is 27.6 Å². The van der Waals surface area contributed by atoms with Crippen LogP contribution in [0, 0.1) is 0 Å². The van der Waals surface area contributed by atoms with Gasteiger partial charge >= 0.3 is 0 Å². The Kier molecular flexibility index (Phi) is 13.6. The van der Waals surface area contributed by atoms with Crippen LogP contribution in [0.2, 0.25) is 0 Å². The number of carbonyl (C=O) groups is 2. The molecule has 1 fully saturated rings. The Bertz CT molecular complexity index is 1480. The first-order chi connectivity index (χ1) is 20.8. The summed E-state index contributed by atoms with van der Waals surface area (Å²) in [6, 6.07) is 22.8. The number of para-hydroxylation sites is 1. The molecule has 43 heavy (non-hydrogen) atoms. The van der Waals surface area contributed by atoms with E-state index in [0.29, 0.717) is 28.5 Å². The summed E-state index contributed by atoms with van der Waals surface area (Å²) in [6.45, 7) is 12.1. The standard InChI is InChI=1S/C26H24N4O4P4.C3H8.C2H6/c1-26(2,35-28-37-29-36-27-3)33-18-14-12-17(13-15-18)30-24(31)16-23(25(30)32)38-22-11-7-5-9-20(22)19-8-4-6-10-21(19)34-38;1-3-2;1-2/h4-15,23H,16H2,1-3H3;3H2,1-2H3;1-2H3. The van der Waals surface area contributed by atoms with Crippen molar-refractivity contribution in [2.45, 2.75) is 65.4 Å². The van der Waals surface area contributed by atoms with E-state index in [4.69, 9.17) is 9.26 Å². The minimum atomic E-state index is -1.36. The van der Waals surface area contributed by atoms with Crippen molar-refractivity contribution in [1.82, 2.24) is 0 Å². The van der Waals surface area contributed by atoms with Crippen molar-refractivity contribution in [2.75, 3.05) is 11.9 Å². The third-order valence-electron chi connectivity index (χ3n) is 5.88. The molecule has 0 aliphatic carbocycles. The Hall–Kier alpha value is -2.87. The van der Waals surface area contributed by atoms with Crippen molar-refractivity contribution in [3.05, 3.63) is 72.8 Å². The smallest absolute Gasteiger partial charge is 0.245 e. The zero-order valence-corrected chi connectivity index (χ0v) is 29.2. The lowest BCUT2D eigenvalue weighted by Crippen LogP contribution is -2.33. The molecule has 2 atom stereocenters. The highest BCUT2D eigenvalue weighted by atomic mass is 31.1. The molecular formula is C31H38N4O4P4. The van der Waals surface area contributed by atoms with Gasteiger partial charge in [0.2, 0.25) is 11.8 Å². The average Bonchev–Trinajstić information content (AvgIpc) is 3.31. The number of carbonyl (C=O) groups excluding carboxylic acids is 2. The predicted octanol–water partition coefficient (Wildman–Crippen LogP) is 10.5. The fourth-order valence-corrected chi connectivity index (χ4v) is 8.63. The van der Waals surface area contributed by atoms with E-state index in [-0.39, 0.29) is 18.2 Å². The third-order valence-corrected chi connectivity index (χ3v) is 10.2. The molecule has 226 valence electrons. The Balaban J connectivity index is 0.000000953. The molecule has 3 aromatic rings. The first-order valence-corrected chi connectivity index (χ1v) is 18.0. The summed E-state index contributed by atoms with van der Waals surface area (Å²) < 4.78 is 24.8. The molecule has 2 aliphatic rings. The van der Waals surface area contributed by atoms with Crippen LogP contribution >= 0.6 is 33.6 Å². The number of imide groups is 1. The van der Waals surface area contributed by atoms with Gasteiger partial charge in [0.15, 0.2) is 22.4 Å². The van der Waals surface area contributed by atoms with Gasteiger partial charge in [-0.3, -0.25) is 9.59 Å². The van der Waals surface area contributed by atoms with Crippen molar-refractivity contribution in [2.24, 2.45) is 13.8 Å². The second-order valence-electron chi connectivity index (χ2n) is 9.63. The van der Waals surface area contributed by atoms with E-state index in [1.54, 1.807) is 31.3 Å². The lowest BCUT2D eigenvalue weighted by molar-refractivity contribution is -0.121. The van der Waals surface area contributed by atoms with Gasteiger partial charge in [-0.05, 0) is 49.7 Å². The summed E-state index contributed by atoms with van der Waals surface area (Å²) in [5.41, 5.74) is 2.04. The topological polar surface area (TPSA) is 92.9 Å². The van der Waals surface area contributed by atoms with E-state index in [9.17, 15) is 9.59 Å². The van der Waals surface area contributed by atoms with Gasteiger partial charge in [-0.1, -0.05) is 76.6 Å². The molecule has 0 saturated carbocycles. The maximum Gasteiger partial charge on any atom is 0.245 e. The number of hydrogen-bond acceptors (Lipinski definition) is 5. The molecule has 0 N–H and O–H groups in total. The van der Waals surface area contributed by atoms with Gasteiger partial charge in [0, 0.05) is 24.3 Å². The van der Waals surface area contributed by atoms with Crippen LogP contribution in [0.15, 0.2) is 86.6 Å². The summed E-state index contributed by atoms with van der Waals surface area (Å²) in [4.78, 5) is 28.0. The van der Waals surface area contributed by atoms with E-state index in [0.717, 1.165) is 30.6 Å². The lowest BCUT2D eigenvalue weighted by Gasteiger charge is -2.30. The van der Waals surface area contributed by atoms with Crippen LogP contribution in [0.25, 0.3) is 11.1 Å². The fourth-order valence-electron chi connectivity index (χ4n) is 4.29. The van der Waals surface area contributed by atoms with Crippen LogP contribution in [0.3, 0.4) is 0 Å². The van der Waals surface area contributed by atoms with Crippen molar-refractivity contribution >= 4 is 56.4 Å². The molecule has 2 aliphatic heterocycles. The first kappa shape index (κ1) is 34.6. The molecule has 2 heterocycles. The summed E-state index contributed by atoms with van der Waals surface area (Å²) in [5, 5.41) is 0.416. The monoisotopic (exact) mass is 654 g/mol. The molecule has 5 rings (SSSR count). The van der Waals surface area contributed by atoms with Crippen molar-refractivity contribution in [3.8, 4) is 22.6 Å². The van der Waals surface area contributed by atoms with Gasteiger partial charge in [0.1, 0.15) is 25.3 Å². The normalized spacial score (nSPS) is 17.6. The molecular weight excluding hydrogens is 616 g/mol. The van der Waals surface area contributed by atoms with Gasteiger partial charge < -0.3 is 9.26 Å². The number of ether oxygens (including phenoxy) is 1. The van der Waals surface area contributed by atoms with Crippen LogP contribution in [-0.4, -0.2) is 29.9 Å². The second kappa shape index (κ2) is 16.8. The molecule has 12 heteroatoms. The Labute approximate surface area is 261 Å². The number of amides is 2. The van der Waals surface area contributed by atoms with Crippen LogP contribution in [0.5, 0.6) is 11.5 Å². The minimum Gasteiger partial charge on any atom is -0.478 e. The molecule has 0 bridgehead atoms. The molecule has 0 spiro atoms. The van der Waals surface area contributed by atoms with Gasteiger partial charge in [-0.2, -0.15) is 9.03 Å². The molecule has 3 aromatic carbocycles. The Morgan fingerprint density at radius 3 is 2.23 bits per heavy atom. The molecule has 0 aromatic heterocycles. The summed E-state index contributed by atoms with van der Waals surface area (Å²) in [5.74, 6) is 0.911. The zero-order chi connectivity index (χ0) is 31.4. The summed E-state index contributed by atoms with van der Waals surface area (Å²) in [7, 11) is 2.33. The molecule has 0 radical (unpaired) electrons. The maximum absolute atomic E-state index is 13.6. The quantitative estimate of drug-likeness (QED) is 0.187. The molecule has 2 unspecified atom stereocenters. The van der Waals surface area contributed by atoms with Crippen LogP contribution in [-0.2, 0) is 9.59 Å². The van der Waals surface area contributed by atoms with E-state index >= 15 is 0 Å². The van der Waals surface area contributed by atoms with Crippen molar-refractivity contribution in [1.29, 1.82) is 0 Å². The highest BCUT2D eigenvalue weighted by Crippen LogP contribution is 2.54. The van der Waals surface area contributed by atoms with Crippen LogP contribution < -0.4 is 19.5 Å². The summed E-state index contributed by atoms with van der Waals surface area (Å²) in [6.07, 6.45) is 1.36. The average molecular weight is 655 g/mol. The molecule has 8 nitrogen and oxygen atoms in total. The zero-order valence-electron chi connectivity index (χ0n) is 25.6. The van der Waals surface area contributed by atoms with Crippen LogP contribution in [0.1, 0.15) is 54.4 Å². The minimum absolute atomic E-state index is 0.113. The predicted molar refractivity (Wildman–Crippen MR) is 182 cm³/mol. The Morgan fingerprint density at radius 2 is 1.56 bits per heavy atom. The molecule has 1 saturated heterocycles. The highest BCUT2D eigenvalue weighted by Gasteiger charge is 2.47. The highest BCUT2D eigenvalue weighted by molar-refractivity contribution is 7.63. The Morgan fingerprint density at radius 1 is 0.930 bits per heavy atom. The van der Waals surface area contributed by atoms with Crippen LogP contribution in [0.4, 0.5) is 5.69 Å². The number of hydrogen-bond donors (Lipinski definition) is 0. The maximum atomic E-state index is 13.6. The van der Waals surface area contributed by atoms with Crippen molar-refractivity contribution in [3.63, 3.8) is 0 Å². The molecule has 2 amide bonds. The van der Waals surface area contributed by atoms with Crippen molar-refractivity contribution < 1.29 is 18.8 Å². The fraction of sp³-hybridized carbons (Fsp3) is 0.355. The number of nitrogens with zero attached hydrogens (tertiary/aromatic N) is 4. The SMILES string of the molecule is CC.CCC.CN=PN=PN=PC(C)(C)Oc1ccc(N2C(=O)CC(P3Oc4ccccc4-c4ccccc43)C2=O)cc1. The first-order valence-electron chi connectivity index (χ1n) is 14.2. The number of fused-ring (bicyclic) bond motifs is 3. The van der Waals surface area contributed by atoms with Gasteiger partial charge in [-0.15, -0.1) is 0 Å². The van der Waals surface area contributed by atoms with Gasteiger partial charge in [-0.25, -0.2) is 9.64 Å². The largest absolute Gasteiger partial charge is 0.478 e. The number of anilines is 1. The number of rotatable bonds is 7. The third kappa shape index (κ3) is 8.84. The number of benzene rings is 3.